The maximum atomic E-state index is 11.4. The molecule has 0 saturated carbocycles. The van der Waals surface area contributed by atoms with Crippen LogP contribution in [0.25, 0.3) is 0 Å². The molecule has 0 bridgehead atoms. The molecule has 0 aliphatic carbocycles. The molecule has 2 atom stereocenters. The first-order valence-electron chi connectivity index (χ1n) is 8.07. The second-order valence-electron chi connectivity index (χ2n) is 5.57. The Labute approximate surface area is 153 Å². The van der Waals surface area contributed by atoms with E-state index in [9.17, 15) is 10.1 Å². The van der Waals surface area contributed by atoms with E-state index in [2.05, 4.69) is 0 Å². The third-order valence-electron chi connectivity index (χ3n) is 3.84. The smallest absolute Gasteiger partial charge is 0.217 e. The minimum Gasteiger partial charge on any atom is -0.497 e. The second-order valence-corrected chi connectivity index (χ2v) is 9.79. The summed E-state index contributed by atoms with van der Waals surface area (Å²) < 4.78 is 11.3. The standard InChI is InChI=1S/C18H22NO4PS/c1-3-13-23-24(25,17-7-5-4-6-8-17)18(14-19(20)21)15-9-11-16(22-2)12-10-15/h4-12,18H,3,13-14H2,1-2H3. The van der Waals surface area contributed by atoms with E-state index in [4.69, 9.17) is 21.1 Å². The Kier molecular flexibility index (Phi) is 7.12. The maximum absolute atomic E-state index is 11.4. The van der Waals surface area contributed by atoms with Gasteiger partial charge in [0, 0.05) is 10.2 Å². The second kappa shape index (κ2) is 9.09. The average Bonchev–Trinajstić information content (AvgIpc) is 2.65. The van der Waals surface area contributed by atoms with Crippen molar-refractivity contribution in [2.45, 2.75) is 19.0 Å². The SMILES string of the molecule is CCCOP(=S)(c1ccccc1)C(C[N+](=O)[O-])c1ccc(OC)cc1. The first-order chi connectivity index (χ1) is 12.0. The lowest BCUT2D eigenvalue weighted by molar-refractivity contribution is -0.480. The zero-order chi connectivity index (χ0) is 18.3. The molecule has 0 saturated heterocycles. The molecular formula is C18H22NO4PS. The lowest BCUT2D eigenvalue weighted by Crippen LogP contribution is -2.21. The predicted molar refractivity (Wildman–Crippen MR) is 104 cm³/mol. The first-order valence-corrected chi connectivity index (χ1v) is 10.9. The quantitative estimate of drug-likeness (QED) is 0.372. The van der Waals surface area contributed by atoms with Crippen molar-refractivity contribution in [2.75, 3.05) is 20.3 Å². The molecule has 25 heavy (non-hydrogen) atoms. The molecule has 0 spiro atoms. The Morgan fingerprint density at radius 3 is 2.32 bits per heavy atom. The summed E-state index contributed by atoms with van der Waals surface area (Å²) in [5, 5.41) is 12.2. The fourth-order valence-electron chi connectivity index (χ4n) is 2.58. The maximum Gasteiger partial charge on any atom is 0.217 e. The number of ether oxygens (including phenoxy) is 1. The van der Waals surface area contributed by atoms with Crippen LogP contribution in [0.15, 0.2) is 54.6 Å². The van der Waals surface area contributed by atoms with E-state index in [0.29, 0.717) is 12.4 Å². The van der Waals surface area contributed by atoms with E-state index in [-0.39, 0.29) is 11.5 Å². The molecule has 0 aliphatic rings. The van der Waals surface area contributed by atoms with Crippen molar-refractivity contribution in [3.05, 3.63) is 70.3 Å². The van der Waals surface area contributed by atoms with E-state index >= 15 is 0 Å². The zero-order valence-electron chi connectivity index (χ0n) is 14.3. The van der Waals surface area contributed by atoms with Gasteiger partial charge < -0.3 is 9.26 Å². The molecule has 2 rings (SSSR count). The van der Waals surface area contributed by atoms with Crippen molar-refractivity contribution in [3.63, 3.8) is 0 Å². The van der Waals surface area contributed by atoms with Crippen molar-refractivity contribution in [1.29, 1.82) is 0 Å². The molecule has 0 aliphatic heterocycles. The van der Waals surface area contributed by atoms with Crippen LogP contribution in [0.4, 0.5) is 0 Å². The largest absolute Gasteiger partial charge is 0.497 e. The van der Waals surface area contributed by atoms with Gasteiger partial charge in [-0.05, 0) is 24.1 Å². The minimum atomic E-state index is -2.65. The van der Waals surface area contributed by atoms with Gasteiger partial charge in [-0.3, -0.25) is 10.1 Å². The number of hydrogen-bond acceptors (Lipinski definition) is 5. The Bertz CT molecular complexity index is 737. The van der Waals surface area contributed by atoms with E-state index in [0.717, 1.165) is 17.3 Å². The summed E-state index contributed by atoms with van der Waals surface area (Å²) in [4.78, 5) is 11.0. The summed E-state index contributed by atoms with van der Waals surface area (Å²) in [7, 11) is 1.59. The monoisotopic (exact) mass is 379 g/mol. The molecule has 2 aromatic carbocycles. The number of benzene rings is 2. The van der Waals surface area contributed by atoms with Gasteiger partial charge in [0.15, 0.2) is 0 Å². The minimum absolute atomic E-state index is 0.262. The lowest BCUT2D eigenvalue weighted by atomic mass is 10.1. The van der Waals surface area contributed by atoms with Crippen LogP contribution in [0.1, 0.15) is 24.6 Å². The van der Waals surface area contributed by atoms with Gasteiger partial charge in [-0.1, -0.05) is 61.2 Å². The van der Waals surface area contributed by atoms with Crippen molar-refractivity contribution >= 4 is 23.4 Å². The molecule has 2 unspecified atom stereocenters. The van der Waals surface area contributed by atoms with Crippen molar-refractivity contribution in [2.24, 2.45) is 0 Å². The normalized spacial score (nSPS) is 14.5. The van der Waals surface area contributed by atoms with Gasteiger partial charge in [0.1, 0.15) is 17.7 Å². The van der Waals surface area contributed by atoms with Crippen molar-refractivity contribution in [1.82, 2.24) is 0 Å². The zero-order valence-corrected chi connectivity index (χ0v) is 16.0. The van der Waals surface area contributed by atoms with Gasteiger partial charge in [-0.15, -0.1) is 0 Å². The highest BCUT2D eigenvalue weighted by Gasteiger charge is 2.36. The molecule has 2 aromatic rings. The van der Waals surface area contributed by atoms with Crippen molar-refractivity contribution in [3.8, 4) is 5.75 Å². The predicted octanol–water partition coefficient (Wildman–Crippen LogP) is 4.16. The third kappa shape index (κ3) is 4.88. The van der Waals surface area contributed by atoms with E-state index in [1.165, 1.54) is 0 Å². The van der Waals surface area contributed by atoms with Crippen LogP contribution in [-0.4, -0.2) is 25.2 Å². The summed E-state index contributed by atoms with van der Waals surface area (Å²) >= 11 is 5.97. The van der Waals surface area contributed by atoms with Crippen LogP contribution >= 0.6 is 6.26 Å². The topological polar surface area (TPSA) is 61.6 Å². The molecule has 7 heteroatoms. The highest BCUT2D eigenvalue weighted by atomic mass is 32.4. The summed E-state index contributed by atoms with van der Waals surface area (Å²) in [5.74, 6) is 0.700. The number of rotatable bonds is 9. The Morgan fingerprint density at radius 1 is 1.16 bits per heavy atom. The summed E-state index contributed by atoms with van der Waals surface area (Å²) in [6, 6.07) is 16.8. The molecule has 0 amide bonds. The molecular weight excluding hydrogens is 357 g/mol. The Balaban J connectivity index is 2.52. The van der Waals surface area contributed by atoms with Crippen LogP contribution in [0.3, 0.4) is 0 Å². The number of nitrogens with zero attached hydrogens (tertiary/aromatic N) is 1. The van der Waals surface area contributed by atoms with Gasteiger partial charge in [0.05, 0.1) is 13.7 Å². The van der Waals surface area contributed by atoms with Gasteiger partial charge in [-0.2, -0.15) is 0 Å². The highest BCUT2D eigenvalue weighted by molar-refractivity contribution is 8.16. The molecule has 0 aromatic heterocycles. The van der Waals surface area contributed by atoms with Crippen LogP contribution in [0.5, 0.6) is 5.75 Å². The van der Waals surface area contributed by atoms with Gasteiger partial charge >= 0.3 is 0 Å². The fraction of sp³-hybridized carbons (Fsp3) is 0.333. The molecule has 134 valence electrons. The molecule has 0 N–H and O–H groups in total. The lowest BCUT2D eigenvalue weighted by Gasteiger charge is -2.29. The molecule has 0 fully saturated rings. The van der Waals surface area contributed by atoms with Crippen LogP contribution in [0.2, 0.25) is 0 Å². The average molecular weight is 379 g/mol. The van der Waals surface area contributed by atoms with Crippen LogP contribution in [-0.2, 0) is 16.3 Å². The summed E-state index contributed by atoms with van der Waals surface area (Å²) in [5.41, 5.74) is 0.318. The first kappa shape index (κ1) is 19.6. The fourth-order valence-corrected chi connectivity index (χ4v) is 6.38. The molecule has 5 nitrogen and oxygen atoms in total. The van der Waals surface area contributed by atoms with E-state index < -0.39 is 11.9 Å². The van der Waals surface area contributed by atoms with Crippen molar-refractivity contribution < 1.29 is 14.2 Å². The number of methoxy groups -OCH3 is 1. The van der Waals surface area contributed by atoms with Gasteiger partial charge in [0.2, 0.25) is 6.54 Å². The summed E-state index contributed by atoms with van der Waals surface area (Å²) in [6.07, 6.45) is -1.84. The molecule has 0 heterocycles. The third-order valence-corrected chi connectivity index (χ3v) is 8.41. The summed E-state index contributed by atoms with van der Waals surface area (Å²) in [6.45, 7) is 2.22. The van der Waals surface area contributed by atoms with Crippen LogP contribution in [0, 0.1) is 10.1 Å². The number of hydrogen-bond donors (Lipinski definition) is 0. The van der Waals surface area contributed by atoms with E-state index in [1.807, 2.05) is 49.4 Å². The Morgan fingerprint density at radius 2 is 1.80 bits per heavy atom. The Hall–Kier alpha value is -1.75. The van der Waals surface area contributed by atoms with Crippen LogP contribution < -0.4 is 10.0 Å². The van der Waals surface area contributed by atoms with Gasteiger partial charge in [0.25, 0.3) is 0 Å². The highest BCUT2D eigenvalue weighted by Crippen LogP contribution is 2.59. The van der Waals surface area contributed by atoms with E-state index in [1.54, 1.807) is 19.2 Å². The van der Waals surface area contributed by atoms with Gasteiger partial charge in [-0.25, -0.2) is 0 Å². The number of nitro groups is 1. The molecule has 0 radical (unpaired) electrons.